The van der Waals surface area contributed by atoms with Crippen LogP contribution in [0.1, 0.15) is 22.4 Å². The normalized spacial score (nSPS) is 11.2. The van der Waals surface area contributed by atoms with Crippen molar-refractivity contribution in [3.63, 3.8) is 0 Å². The molecule has 3 rings (SSSR count). The van der Waals surface area contributed by atoms with Crippen LogP contribution in [0, 0.1) is 0 Å². The SMILES string of the molecule is CN(Cc1cccnc1)Cc1ccc(CN(C)Cc2cccnc2)nc1. The molecule has 0 atom stereocenters. The van der Waals surface area contributed by atoms with Gasteiger partial charge in [0, 0.05) is 57.2 Å². The van der Waals surface area contributed by atoms with Gasteiger partial charge in [0.2, 0.25) is 0 Å². The van der Waals surface area contributed by atoms with E-state index in [1.807, 2.05) is 30.7 Å². The third-order valence-corrected chi connectivity index (χ3v) is 4.12. The molecule has 5 heteroatoms. The third kappa shape index (κ3) is 5.72. The van der Waals surface area contributed by atoms with Crippen molar-refractivity contribution in [2.75, 3.05) is 14.1 Å². The second-order valence-corrected chi connectivity index (χ2v) is 6.72. The van der Waals surface area contributed by atoms with Crippen molar-refractivity contribution in [2.45, 2.75) is 26.2 Å². The van der Waals surface area contributed by atoms with Crippen LogP contribution in [0.2, 0.25) is 0 Å². The van der Waals surface area contributed by atoms with Crippen molar-refractivity contribution in [1.82, 2.24) is 24.8 Å². The zero-order valence-electron chi connectivity index (χ0n) is 15.4. The summed E-state index contributed by atoms with van der Waals surface area (Å²) in [5, 5.41) is 0. The molecule has 0 aliphatic carbocycles. The van der Waals surface area contributed by atoms with Gasteiger partial charge in [-0.05, 0) is 49.0 Å². The van der Waals surface area contributed by atoms with Crippen molar-refractivity contribution >= 4 is 0 Å². The van der Waals surface area contributed by atoms with Gasteiger partial charge in [-0.1, -0.05) is 18.2 Å². The molecule has 5 nitrogen and oxygen atoms in total. The Morgan fingerprint density at radius 3 is 1.65 bits per heavy atom. The molecule has 0 radical (unpaired) electrons. The van der Waals surface area contributed by atoms with Gasteiger partial charge in [-0.15, -0.1) is 0 Å². The Bertz CT molecular complexity index is 706. The largest absolute Gasteiger partial charge is 0.298 e. The Morgan fingerprint density at radius 2 is 1.19 bits per heavy atom. The lowest BCUT2D eigenvalue weighted by Gasteiger charge is -2.18. The van der Waals surface area contributed by atoms with E-state index in [1.165, 1.54) is 16.7 Å². The first-order valence-corrected chi connectivity index (χ1v) is 8.78. The monoisotopic (exact) mass is 347 g/mol. The number of hydrogen-bond donors (Lipinski definition) is 0. The van der Waals surface area contributed by atoms with Crippen LogP contribution >= 0.6 is 0 Å². The maximum absolute atomic E-state index is 4.62. The molecule has 0 amide bonds. The summed E-state index contributed by atoms with van der Waals surface area (Å²) in [4.78, 5) is 17.5. The van der Waals surface area contributed by atoms with Crippen LogP contribution in [0.25, 0.3) is 0 Å². The molecule has 0 aliphatic heterocycles. The predicted octanol–water partition coefficient (Wildman–Crippen LogP) is 3.14. The molecule has 0 N–H and O–H groups in total. The van der Waals surface area contributed by atoms with Gasteiger partial charge in [-0.25, -0.2) is 0 Å². The molecule has 0 unspecified atom stereocenters. The van der Waals surface area contributed by atoms with Crippen LogP contribution in [0.3, 0.4) is 0 Å². The van der Waals surface area contributed by atoms with Crippen molar-refractivity contribution in [3.05, 3.63) is 89.8 Å². The highest BCUT2D eigenvalue weighted by atomic mass is 15.1. The molecule has 26 heavy (non-hydrogen) atoms. The van der Waals surface area contributed by atoms with Gasteiger partial charge in [0.15, 0.2) is 0 Å². The lowest BCUT2D eigenvalue weighted by Crippen LogP contribution is -2.19. The third-order valence-electron chi connectivity index (χ3n) is 4.12. The van der Waals surface area contributed by atoms with E-state index in [0.717, 1.165) is 31.9 Å². The zero-order valence-corrected chi connectivity index (χ0v) is 15.4. The van der Waals surface area contributed by atoms with Crippen LogP contribution in [0.15, 0.2) is 67.4 Å². The Labute approximate surface area is 155 Å². The summed E-state index contributed by atoms with van der Waals surface area (Å²) in [7, 11) is 4.22. The fraction of sp³-hybridized carbons (Fsp3) is 0.286. The van der Waals surface area contributed by atoms with Gasteiger partial charge in [0.1, 0.15) is 0 Å². The molecule has 0 fully saturated rings. The Kier molecular flexibility index (Phi) is 6.41. The average Bonchev–Trinajstić information content (AvgIpc) is 2.65. The number of nitrogens with zero attached hydrogens (tertiary/aromatic N) is 5. The number of aromatic nitrogens is 3. The van der Waals surface area contributed by atoms with Crippen molar-refractivity contribution in [2.24, 2.45) is 0 Å². The number of rotatable bonds is 8. The second kappa shape index (κ2) is 9.17. The first kappa shape index (κ1) is 18.2. The van der Waals surface area contributed by atoms with Gasteiger partial charge >= 0.3 is 0 Å². The topological polar surface area (TPSA) is 45.2 Å². The van der Waals surface area contributed by atoms with Crippen LogP contribution in [0.5, 0.6) is 0 Å². The van der Waals surface area contributed by atoms with Crippen LogP contribution in [-0.4, -0.2) is 38.8 Å². The summed E-state index contributed by atoms with van der Waals surface area (Å²) in [5.41, 5.74) is 4.73. The van der Waals surface area contributed by atoms with Gasteiger partial charge in [0.05, 0.1) is 5.69 Å². The molecule has 3 aromatic heterocycles. The van der Waals surface area contributed by atoms with Gasteiger partial charge in [-0.3, -0.25) is 24.8 Å². The van der Waals surface area contributed by atoms with E-state index in [9.17, 15) is 0 Å². The van der Waals surface area contributed by atoms with E-state index in [0.29, 0.717) is 0 Å². The molecular weight excluding hydrogens is 322 g/mol. The number of pyridine rings is 3. The molecule has 0 spiro atoms. The predicted molar refractivity (Wildman–Crippen MR) is 103 cm³/mol. The molecule has 0 aliphatic rings. The van der Waals surface area contributed by atoms with Crippen LogP contribution in [0.4, 0.5) is 0 Å². The highest BCUT2D eigenvalue weighted by molar-refractivity contribution is 5.15. The minimum Gasteiger partial charge on any atom is -0.298 e. The van der Waals surface area contributed by atoms with E-state index in [1.54, 1.807) is 12.4 Å². The first-order chi connectivity index (χ1) is 12.7. The zero-order chi connectivity index (χ0) is 18.2. The summed E-state index contributed by atoms with van der Waals surface area (Å²) in [5.74, 6) is 0. The van der Waals surface area contributed by atoms with Crippen molar-refractivity contribution in [3.8, 4) is 0 Å². The van der Waals surface area contributed by atoms with E-state index in [4.69, 9.17) is 0 Å². The van der Waals surface area contributed by atoms with E-state index < -0.39 is 0 Å². The number of hydrogen-bond acceptors (Lipinski definition) is 5. The van der Waals surface area contributed by atoms with Gasteiger partial charge in [-0.2, -0.15) is 0 Å². The highest BCUT2D eigenvalue weighted by Crippen LogP contribution is 2.09. The first-order valence-electron chi connectivity index (χ1n) is 8.78. The molecule has 134 valence electrons. The minimum atomic E-state index is 0.820. The smallest absolute Gasteiger partial charge is 0.0544 e. The maximum atomic E-state index is 4.62. The minimum absolute atomic E-state index is 0.820. The maximum Gasteiger partial charge on any atom is 0.0544 e. The summed E-state index contributed by atoms with van der Waals surface area (Å²) in [6.45, 7) is 3.43. The summed E-state index contributed by atoms with van der Waals surface area (Å²) in [6.07, 6.45) is 9.40. The summed E-state index contributed by atoms with van der Waals surface area (Å²) < 4.78 is 0. The highest BCUT2D eigenvalue weighted by Gasteiger charge is 2.05. The molecular formula is C21H25N5. The second-order valence-electron chi connectivity index (χ2n) is 6.72. The molecule has 0 saturated carbocycles. The van der Waals surface area contributed by atoms with Crippen molar-refractivity contribution < 1.29 is 0 Å². The quantitative estimate of drug-likeness (QED) is 0.626. The lowest BCUT2D eigenvalue weighted by molar-refractivity contribution is 0.312. The molecule has 0 saturated heterocycles. The fourth-order valence-corrected chi connectivity index (χ4v) is 2.95. The lowest BCUT2D eigenvalue weighted by atomic mass is 10.2. The van der Waals surface area contributed by atoms with E-state index >= 15 is 0 Å². The molecule has 3 aromatic rings. The molecule has 0 aromatic carbocycles. The average molecular weight is 347 g/mol. The Hall–Kier alpha value is -2.63. The summed E-state index contributed by atoms with van der Waals surface area (Å²) >= 11 is 0. The summed E-state index contributed by atoms with van der Waals surface area (Å²) in [6, 6.07) is 12.4. The van der Waals surface area contributed by atoms with E-state index in [2.05, 4.69) is 63.1 Å². The molecule has 0 bridgehead atoms. The Morgan fingerprint density at radius 1 is 0.654 bits per heavy atom. The fourth-order valence-electron chi connectivity index (χ4n) is 2.95. The van der Waals surface area contributed by atoms with Gasteiger partial charge < -0.3 is 0 Å². The Balaban J connectivity index is 1.50. The van der Waals surface area contributed by atoms with E-state index in [-0.39, 0.29) is 0 Å². The van der Waals surface area contributed by atoms with Gasteiger partial charge in [0.25, 0.3) is 0 Å². The van der Waals surface area contributed by atoms with Crippen molar-refractivity contribution in [1.29, 1.82) is 0 Å². The van der Waals surface area contributed by atoms with Crippen LogP contribution in [-0.2, 0) is 26.2 Å². The van der Waals surface area contributed by atoms with Crippen LogP contribution < -0.4 is 0 Å². The molecule has 3 heterocycles. The standard InChI is InChI=1S/C21H25N5/c1-25(14-18-5-3-9-22-11-18)16-20-7-8-21(24-13-20)17-26(2)15-19-6-4-10-23-12-19/h3-13H,14-17H2,1-2H3.